The van der Waals surface area contributed by atoms with Crippen molar-refractivity contribution in [2.24, 2.45) is 0 Å². The predicted octanol–water partition coefficient (Wildman–Crippen LogP) is 5.57. The van der Waals surface area contributed by atoms with E-state index in [0.29, 0.717) is 36.7 Å². The fourth-order valence-corrected chi connectivity index (χ4v) is 5.39. The quantitative estimate of drug-likeness (QED) is 0.195. The van der Waals surface area contributed by atoms with E-state index >= 15 is 0 Å². The maximum atomic E-state index is 12.0. The molecule has 2 aromatic carbocycles. The monoisotopic (exact) mass is 587 g/mol. The largest absolute Gasteiger partial charge is 0.382 e. The number of nitrogens with one attached hydrogen (secondary N) is 1. The van der Waals surface area contributed by atoms with Gasteiger partial charge in [0.15, 0.2) is 17.2 Å². The van der Waals surface area contributed by atoms with Gasteiger partial charge >= 0.3 is 0 Å². The maximum absolute atomic E-state index is 12.0. The third kappa shape index (κ3) is 6.20. The van der Waals surface area contributed by atoms with E-state index in [9.17, 15) is 9.90 Å². The maximum Gasteiger partial charge on any atom is 0.248 e. The highest BCUT2D eigenvalue weighted by molar-refractivity contribution is 6.30. The van der Waals surface area contributed by atoms with Crippen LogP contribution in [0.5, 0.6) is 0 Å². The van der Waals surface area contributed by atoms with Crippen LogP contribution in [0.4, 0.5) is 0 Å². The van der Waals surface area contributed by atoms with E-state index < -0.39 is 6.10 Å². The summed E-state index contributed by atoms with van der Waals surface area (Å²) in [6.07, 6.45) is 2.59. The minimum absolute atomic E-state index is 0.212. The molecule has 218 valence electrons. The number of aryl methyl sites for hydroxylation is 1. The second-order valence-electron chi connectivity index (χ2n) is 10.0. The Morgan fingerprint density at radius 1 is 1.07 bits per heavy atom. The number of hydrogen-bond donors (Lipinski definition) is 2. The van der Waals surface area contributed by atoms with Crippen LogP contribution in [0.2, 0.25) is 5.15 Å². The molecule has 5 aromatic rings. The molecule has 0 aliphatic carbocycles. The molecule has 42 heavy (non-hydrogen) atoms. The van der Waals surface area contributed by atoms with Gasteiger partial charge in [0, 0.05) is 37.4 Å². The van der Waals surface area contributed by atoms with E-state index in [1.54, 1.807) is 10.7 Å². The molecule has 0 aliphatic rings. The lowest BCUT2D eigenvalue weighted by atomic mass is 9.96. The summed E-state index contributed by atoms with van der Waals surface area (Å²) in [4.78, 5) is 19.2. The number of imidazole rings is 1. The van der Waals surface area contributed by atoms with Crippen molar-refractivity contribution >= 4 is 11.6 Å². The van der Waals surface area contributed by atoms with Crippen LogP contribution in [0.25, 0.3) is 22.5 Å². The van der Waals surface area contributed by atoms with E-state index in [1.165, 1.54) is 12.3 Å². The third-order valence-electron chi connectivity index (χ3n) is 7.16. The number of aromatic nitrogens is 7. The number of hydrogen-bond acceptors (Lipinski definition) is 7. The van der Waals surface area contributed by atoms with E-state index in [2.05, 4.69) is 44.5 Å². The first kappa shape index (κ1) is 29.4. The van der Waals surface area contributed by atoms with Crippen molar-refractivity contribution in [2.45, 2.75) is 58.9 Å². The van der Waals surface area contributed by atoms with Gasteiger partial charge < -0.3 is 19.4 Å². The molecule has 5 rings (SSSR count). The molecule has 0 amide bonds. The second kappa shape index (κ2) is 13.2. The van der Waals surface area contributed by atoms with Crippen LogP contribution in [0, 0.1) is 0 Å². The van der Waals surface area contributed by atoms with Crippen molar-refractivity contribution in [3.63, 3.8) is 0 Å². The molecule has 3 aromatic heterocycles. The van der Waals surface area contributed by atoms with Gasteiger partial charge in [-0.3, -0.25) is 4.79 Å². The molecule has 0 bridgehead atoms. The van der Waals surface area contributed by atoms with Crippen molar-refractivity contribution in [1.82, 2.24) is 34.7 Å². The van der Waals surface area contributed by atoms with Crippen LogP contribution in [0.3, 0.4) is 0 Å². The number of halogens is 1. The average molecular weight is 588 g/mol. The molecule has 0 saturated heterocycles. The second-order valence-corrected chi connectivity index (χ2v) is 10.4. The summed E-state index contributed by atoms with van der Waals surface area (Å²) < 4.78 is 9.44. The summed E-state index contributed by atoms with van der Waals surface area (Å²) in [5.41, 5.74) is 4.35. The summed E-state index contributed by atoms with van der Waals surface area (Å²) >= 11 is 6.66. The number of aromatic amines is 1. The first-order chi connectivity index (χ1) is 20.4. The molecular weight excluding hydrogens is 554 g/mol. The first-order valence-corrected chi connectivity index (χ1v) is 14.5. The van der Waals surface area contributed by atoms with Gasteiger partial charge in [-0.15, -0.1) is 5.10 Å². The van der Waals surface area contributed by atoms with Gasteiger partial charge in [0.1, 0.15) is 11.9 Å². The van der Waals surface area contributed by atoms with E-state index in [-0.39, 0.29) is 16.9 Å². The fraction of sp³-hybridized carbons (Fsp3) is 0.323. The lowest BCUT2D eigenvalue weighted by Gasteiger charge is -2.19. The molecule has 10 nitrogen and oxygen atoms in total. The number of rotatable bonds is 12. The SMILES string of the molecule is CCCCc1nc(Cl)c(C(O)c2cc[nH]c(=O)c2)n1Cc1ccc(-c2ccccc2)c(-c2nnnn2C(C)OCC)c1. The number of H-pyrrole nitrogens is 1. The Balaban J connectivity index is 1.63. The predicted molar refractivity (Wildman–Crippen MR) is 161 cm³/mol. The molecule has 0 saturated carbocycles. The number of tetrazole rings is 1. The molecular formula is C31H34ClN7O3. The summed E-state index contributed by atoms with van der Waals surface area (Å²) in [5, 5.41) is 24.2. The van der Waals surface area contributed by atoms with Crippen molar-refractivity contribution in [3.8, 4) is 22.5 Å². The molecule has 2 N–H and O–H groups in total. The zero-order chi connectivity index (χ0) is 29.6. The third-order valence-corrected chi connectivity index (χ3v) is 7.44. The van der Waals surface area contributed by atoms with E-state index in [0.717, 1.165) is 40.9 Å². The summed E-state index contributed by atoms with van der Waals surface area (Å²) in [6.45, 7) is 6.86. The molecule has 0 radical (unpaired) electrons. The Morgan fingerprint density at radius 2 is 1.88 bits per heavy atom. The van der Waals surface area contributed by atoms with Crippen LogP contribution in [0.1, 0.15) is 68.6 Å². The topological polar surface area (TPSA) is 124 Å². The minimum atomic E-state index is -1.13. The van der Waals surface area contributed by atoms with Crippen LogP contribution < -0.4 is 5.56 Å². The molecule has 2 unspecified atom stereocenters. The molecule has 0 fully saturated rings. The van der Waals surface area contributed by atoms with Crippen LogP contribution in [-0.2, 0) is 17.7 Å². The summed E-state index contributed by atoms with van der Waals surface area (Å²) in [5.74, 6) is 1.35. The van der Waals surface area contributed by atoms with Gasteiger partial charge in [0.2, 0.25) is 5.56 Å². The standard InChI is InChI=1S/C31H34ClN7O3/c1-4-6-12-26-34-30(32)28(29(41)23-15-16-33-27(40)18-23)38(26)19-21-13-14-24(22-10-8-7-9-11-22)25(17-21)31-35-36-37-39(31)20(3)42-5-2/h7-11,13-18,20,29,41H,4-6,12,19H2,1-3H3,(H,33,40). The molecule has 3 heterocycles. The molecule has 0 spiro atoms. The van der Waals surface area contributed by atoms with Gasteiger partial charge in [-0.05, 0) is 65.1 Å². The van der Waals surface area contributed by atoms with Crippen LogP contribution in [0.15, 0.2) is 71.7 Å². The number of pyridine rings is 1. The Hall–Kier alpha value is -4.12. The van der Waals surface area contributed by atoms with Crippen molar-refractivity contribution in [3.05, 3.63) is 105 Å². The van der Waals surface area contributed by atoms with Gasteiger partial charge in [-0.1, -0.05) is 67.4 Å². The zero-order valence-corrected chi connectivity index (χ0v) is 24.6. The average Bonchev–Trinajstić information content (AvgIpc) is 3.61. The highest BCUT2D eigenvalue weighted by atomic mass is 35.5. The number of benzene rings is 2. The van der Waals surface area contributed by atoms with Gasteiger partial charge in [-0.2, -0.15) is 4.68 Å². The molecule has 11 heteroatoms. The van der Waals surface area contributed by atoms with Crippen molar-refractivity contribution < 1.29 is 9.84 Å². The number of aliphatic hydroxyl groups excluding tert-OH is 1. The normalized spacial score (nSPS) is 12.9. The Labute approximate surface area is 249 Å². The Kier molecular flexibility index (Phi) is 9.26. The number of aliphatic hydroxyl groups is 1. The number of nitrogens with zero attached hydrogens (tertiary/aromatic N) is 6. The van der Waals surface area contributed by atoms with Gasteiger partial charge in [0.25, 0.3) is 0 Å². The smallest absolute Gasteiger partial charge is 0.248 e. The van der Waals surface area contributed by atoms with E-state index in [1.807, 2.05) is 54.8 Å². The highest BCUT2D eigenvalue weighted by Crippen LogP contribution is 2.35. The number of unbranched alkanes of at least 4 members (excludes halogenated alkanes) is 1. The first-order valence-electron chi connectivity index (χ1n) is 14.1. The van der Waals surface area contributed by atoms with Crippen molar-refractivity contribution in [1.29, 1.82) is 0 Å². The molecule has 2 atom stereocenters. The summed E-state index contributed by atoms with van der Waals surface area (Å²) in [6, 6.07) is 19.3. The van der Waals surface area contributed by atoms with Gasteiger partial charge in [0.05, 0.1) is 5.69 Å². The lowest BCUT2D eigenvalue weighted by Crippen LogP contribution is -2.15. The van der Waals surface area contributed by atoms with Gasteiger partial charge in [-0.25, -0.2) is 4.98 Å². The van der Waals surface area contributed by atoms with Crippen LogP contribution in [-0.4, -0.2) is 46.5 Å². The van der Waals surface area contributed by atoms with Crippen molar-refractivity contribution in [2.75, 3.05) is 6.61 Å². The summed E-state index contributed by atoms with van der Waals surface area (Å²) in [7, 11) is 0. The fourth-order valence-electron chi connectivity index (χ4n) is 5.09. The Morgan fingerprint density at radius 3 is 2.62 bits per heavy atom. The minimum Gasteiger partial charge on any atom is -0.382 e. The zero-order valence-electron chi connectivity index (χ0n) is 23.9. The molecule has 0 aliphatic heterocycles. The number of ether oxygens (including phenoxy) is 1. The van der Waals surface area contributed by atoms with E-state index in [4.69, 9.17) is 16.3 Å². The highest BCUT2D eigenvalue weighted by Gasteiger charge is 2.25. The Bertz CT molecular complexity index is 1700. The lowest BCUT2D eigenvalue weighted by molar-refractivity contribution is 0.0159. The van der Waals surface area contributed by atoms with Crippen LogP contribution >= 0.6 is 11.6 Å².